The van der Waals surface area contributed by atoms with Crippen LogP contribution in [0.2, 0.25) is 0 Å². The largest absolute Gasteiger partial charge is 0.480 e. The molecule has 0 aliphatic carbocycles. The van der Waals surface area contributed by atoms with Gasteiger partial charge < -0.3 is 15.7 Å². The fraction of sp³-hybridized carbons (Fsp3) is 0.818. The first-order chi connectivity index (χ1) is 7.17. The molecule has 0 aliphatic heterocycles. The number of urea groups is 1. The number of carboxylic acids is 1. The van der Waals surface area contributed by atoms with E-state index in [1.54, 1.807) is 13.8 Å². The predicted octanol–water partition coefficient (Wildman–Crippen LogP) is 1.73. The van der Waals surface area contributed by atoms with Gasteiger partial charge in [0.1, 0.15) is 5.54 Å². The van der Waals surface area contributed by atoms with Crippen molar-refractivity contribution < 1.29 is 14.7 Å². The Labute approximate surface area is 96.6 Å². The van der Waals surface area contributed by atoms with Gasteiger partial charge in [0, 0.05) is 5.54 Å². The second-order valence-corrected chi connectivity index (χ2v) is 4.92. The SMILES string of the molecule is CCC(CC)(NC(=O)NC(C)(C)C)C(=O)O. The number of hydrogen-bond donors (Lipinski definition) is 3. The Balaban J connectivity index is 4.66. The minimum absolute atomic E-state index is 0.358. The average molecular weight is 230 g/mol. The van der Waals surface area contributed by atoms with Crippen LogP contribution in [-0.2, 0) is 4.79 Å². The number of nitrogens with one attached hydrogen (secondary N) is 2. The molecule has 3 N–H and O–H groups in total. The number of amides is 2. The molecule has 0 aromatic rings. The van der Waals surface area contributed by atoms with Crippen molar-refractivity contribution in [2.45, 2.75) is 58.5 Å². The number of hydrogen-bond acceptors (Lipinski definition) is 2. The Kier molecular flexibility index (Phi) is 4.78. The molecule has 0 radical (unpaired) electrons. The van der Waals surface area contributed by atoms with E-state index in [4.69, 9.17) is 5.11 Å². The van der Waals surface area contributed by atoms with Gasteiger partial charge in [0.15, 0.2) is 0 Å². The zero-order chi connectivity index (χ0) is 13.0. The van der Waals surface area contributed by atoms with Gasteiger partial charge in [-0.15, -0.1) is 0 Å². The van der Waals surface area contributed by atoms with Crippen molar-refractivity contribution >= 4 is 12.0 Å². The maximum absolute atomic E-state index is 11.6. The number of aliphatic carboxylic acids is 1. The van der Waals surface area contributed by atoms with E-state index in [0.717, 1.165) is 0 Å². The van der Waals surface area contributed by atoms with E-state index in [2.05, 4.69) is 10.6 Å². The van der Waals surface area contributed by atoms with E-state index in [1.165, 1.54) is 0 Å². The summed E-state index contributed by atoms with van der Waals surface area (Å²) in [5.74, 6) is -0.999. The molecule has 0 aliphatic rings. The third-order valence-electron chi connectivity index (χ3n) is 2.46. The monoisotopic (exact) mass is 230 g/mol. The summed E-state index contributed by atoms with van der Waals surface area (Å²) in [7, 11) is 0. The molecule has 5 heteroatoms. The summed E-state index contributed by atoms with van der Waals surface area (Å²) in [6, 6.07) is -0.446. The van der Waals surface area contributed by atoms with Gasteiger partial charge in [-0.2, -0.15) is 0 Å². The number of carbonyl (C=O) groups excluding carboxylic acids is 1. The van der Waals surface area contributed by atoms with Crippen LogP contribution in [0.3, 0.4) is 0 Å². The topological polar surface area (TPSA) is 78.4 Å². The molecule has 0 bridgehead atoms. The normalized spacial score (nSPS) is 12.1. The maximum Gasteiger partial charge on any atom is 0.329 e. The second-order valence-electron chi connectivity index (χ2n) is 4.92. The van der Waals surface area contributed by atoms with Crippen LogP contribution < -0.4 is 10.6 Å². The summed E-state index contributed by atoms with van der Waals surface area (Å²) in [6.07, 6.45) is 0.715. The minimum Gasteiger partial charge on any atom is -0.480 e. The van der Waals surface area contributed by atoms with E-state index >= 15 is 0 Å². The molecule has 0 aromatic heterocycles. The smallest absolute Gasteiger partial charge is 0.329 e. The van der Waals surface area contributed by atoms with Crippen molar-refractivity contribution in [3.63, 3.8) is 0 Å². The Morgan fingerprint density at radius 1 is 1.06 bits per heavy atom. The van der Waals surface area contributed by atoms with Gasteiger partial charge in [0.2, 0.25) is 0 Å². The molecule has 94 valence electrons. The summed E-state index contributed by atoms with van der Waals surface area (Å²) in [4.78, 5) is 22.8. The molecule has 0 spiro atoms. The number of carboxylic acid groups (broad SMARTS) is 1. The lowest BCUT2D eigenvalue weighted by molar-refractivity contribution is -0.144. The first-order valence-corrected chi connectivity index (χ1v) is 5.50. The van der Waals surface area contributed by atoms with Crippen molar-refractivity contribution in [1.29, 1.82) is 0 Å². The lowest BCUT2D eigenvalue weighted by atomic mass is 9.93. The lowest BCUT2D eigenvalue weighted by Crippen LogP contribution is -2.59. The lowest BCUT2D eigenvalue weighted by Gasteiger charge is -2.30. The molecule has 0 saturated heterocycles. The first-order valence-electron chi connectivity index (χ1n) is 5.50. The molecule has 0 heterocycles. The van der Waals surface area contributed by atoms with E-state index < -0.39 is 17.5 Å². The van der Waals surface area contributed by atoms with E-state index in [-0.39, 0.29) is 5.54 Å². The Bertz CT molecular complexity index is 265. The predicted molar refractivity (Wildman–Crippen MR) is 62.4 cm³/mol. The Morgan fingerprint density at radius 2 is 1.50 bits per heavy atom. The second kappa shape index (κ2) is 5.18. The maximum atomic E-state index is 11.6. The zero-order valence-corrected chi connectivity index (χ0v) is 10.7. The minimum atomic E-state index is -1.17. The number of rotatable bonds is 4. The highest BCUT2D eigenvalue weighted by molar-refractivity contribution is 5.86. The van der Waals surface area contributed by atoms with Crippen molar-refractivity contribution in [1.82, 2.24) is 10.6 Å². The quantitative estimate of drug-likeness (QED) is 0.688. The fourth-order valence-corrected chi connectivity index (χ4v) is 1.37. The van der Waals surface area contributed by atoms with Crippen LogP contribution in [0.5, 0.6) is 0 Å². The molecular formula is C11H22N2O3. The van der Waals surface area contributed by atoms with Crippen molar-refractivity contribution in [2.24, 2.45) is 0 Å². The van der Waals surface area contributed by atoms with Crippen LogP contribution in [0.15, 0.2) is 0 Å². The van der Waals surface area contributed by atoms with Crippen LogP contribution in [0.1, 0.15) is 47.5 Å². The van der Waals surface area contributed by atoms with Gasteiger partial charge in [-0.1, -0.05) is 13.8 Å². The first kappa shape index (κ1) is 14.7. The highest BCUT2D eigenvalue weighted by Gasteiger charge is 2.36. The van der Waals surface area contributed by atoms with Crippen LogP contribution in [0.25, 0.3) is 0 Å². The van der Waals surface area contributed by atoms with E-state index in [9.17, 15) is 9.59 Å². The van der Waals surface area contributed by atoms with E-state index in [1.807, 2.05) is 20.8 Å². The molecular weight excluding hydrogens is 208 g/mol. The van der Waals surface area contributed by atoms with Gasteiger partial charge in [0.05, 0.1) is 0 Å². The van der Waals surface area contributed by atoms with Crippen LogP contribution >= 0.6 is 0 Å². The molecule has 5 nitrogen and oxygen atoms in total. The van der Waals surface area contributed by atoms with Crippen molar-refractivity contribution in [3.8, 4) is 0 Å². The Hall–Kier alpha value is -1.26. The van der Waals surface area contributed by atoms with Crippen LogP contribution in [-0.4, -0.2) is 28.2 Å². The molecule has 0 saturated carbocycles. The highest BCUT2D eigenvalue weighted by atomic mass is 16.4. The van der Waals surface area contributed by atoms with Crippen molar-refractivity contribution in [2.75, 3.05) is 0 Å². The molecule has 0 rings (SSSR count). The summed E-state index contributed by atoms with van der Waals surface area (Å²) < 4.78 is 0. The Morgan fingerprint density at radius 3 is 1.75 bits per heavy atom. The third kappa shape index (κ3) is 4.08. The van der Waals surface area contributed by atoms with Gasteiger partial charge in [-0.05, 0) is 33.6 Å². The summed E-state index contributed by atoms with van der Waals surface area (Å²) in [6.45, 7) is 9.01. The molecule has 16 heavy (non-hydrogen) atoms. The average Bonchev–Trinajstić information content (AvgIpc) is 2.10. The third-order valence-corrected chi connectivity index (χ3v) is 2.46. The molecule has 0 fully saturated rings. The van der Waals surface area contributed by atoms with Gasteiger partial charge >= 0.3 is 12.0 Å². The molecule has 0 aromatic carbocycles. The van der Waals surface area contributed by atoms with Crippen molar-refractivity contribution in [3.05, 3.63) is 0 Å². The van der Waals surface area contributed by atoms with E-state index in [0.29, 0.717) is 12.8 Å². The standard InChI is InChI=1S/C11H22N2O3/c1-6-11(7-2,8(14)15)13-9(16)12-10(3,4)5/h6-7H2,1-5H3,(H,14,15)(H2,12,13,16). The summed E-state index contributed by atoms with van der Waals surface area (Å²) in [5.41, 5.74) is -1.55. The van der Waals surface area contributed by atoms with Crippen LogP contribution in [0, 0.1) is 0 Å². The van der Waals surface area contributed by atoms with Gasteiger partial charge in [-0.3, -0.25) is 0 Å². The summed E-state index contributed by atoms with van der Waals surface area (Å²) >= 11 is 0. The van der Waals surface area contributed by atoms with Gasteiger partial charge in [-0.25, -0.2) is 9.59 Å². The van der Waals surface area contributed by atoms with Gasteiger partial charge in [0.25, 0.3) is 0 Å². The van der Waals surface area contributed by atoms with Crippen LogP contribution in [0.4, 0.5) is 4.79 Å². The molecule has 2 amide bonds. The highest BCUT2D eigenvalue weighted by Crippen LogP contribution is 2.15. The molecule has 0 unspecified atom stereocenters. The summed E-state index contributed by atoms with van der Waals surface area (Å²) in [5, 5.41) is 14.3. The fourth-order valence-electron chi connectivity index (χ4n) is 1.37. The number of carbonyl (C=O) groups is 2. The zero-order valence-electron chi connectivity index (χ0n) is 10.7. The molecule has 0 atom stereocenters.